The van der Waals surface area contributed by atoms with Crippen molar-refractivity contribution in [2.45, 2.75) is 26.9 Å². The van der Waals surface area contributed by atoms with E-state index >= 15 is 0 Å². The first kappa shape index (κ1) is 25.1. The summed E-state index contributed by atoms with van der Waals surface area (Å²) in [7, 11) is 6.58. The third kappa shape index (κ3) is 7.23. The largest absolute Gasteiger partial charge is 0.496 e. The number of hydrogen-bond donors (Lipinski definition) is 2. The van der Waals surface area contributed by atoms with Crippen LogP contribution in [0.1, 0.15) is 23.6 Å². The number of nitrogens with one attached hydrogen (secondary N) is 2. The quantitative estimate of drug-likeness (QED) is 0.295. The van der Waals surface area contributed by atoms with Crippen molar-refractivity contribution in [3.63, 3.8) is 0 Å². The molecule has 8 nitrogen and oxygen atoms in total. The lowest BCUT2D eigenvalue weighted by molar-refractivity contribution is 0.110. The number of guanidine groups is 1. The molecule has 2 aromatic rings. The number of hydrogen-bond acceptors (Lipinski definition) is 6. The summed E-state index contributed by atoms with van der Waals surface area (Å²) in [5.74, 6) is 3.50. The number of aryl methyl sites for hydroxylation is 1. The predicted molar refractivity (Wildman–Crippen MR) is 126 cm³/mol. The topological polar surface area (TPSA) is 82.6 Å². The highest BCUT2D eigenvalue weighted by atomic mass is 16.5. The predicted octanol–water partition coefficient (Wildman–Crippen LogP) is 3.30. The summed E-state index contributed by atoms with van der Waals surface area (Å²) in [5.41, 5.74) is 3.05. The average Bonchev–Trinajstić information content (AvgIpc) is 2.82. The van der Waals surface area contributed by atoms with Gasteiger partial charge in [-0.15, -0.1) is 0 Å². The molecule has 0 spiro atoms. The molecule has 0 saturated carbocycles. The summed E-state index contributed by atoms with van der Waals surface area (Å²) in [5, 5.41) is 6.65. The maximum atomic E-state index is 5.93. The van der Waals surface area contributed by atoms with Gasteiger partial charge in [-0.2, -0.15) is 0 Å². The lowest BCUT2D eigenvalue weighted by Gasteiger charge is -2.18. The lowest BCUT2D eigenvalue weighted by Crippen LogP contribution is -2.36. The monoisotopic (exact) mass is 445 g/mol. The van der Waals surface area contributed by atoms with Crippen LogP contribution in [0.25, 0.3) is 0 Å². The molecule has 0 aliphatic rings. The maximum absolute atomic E-state index is 5.93. The van der Waals surface area contributed by atoms with Gasteiger partial charge in [-0.25, -0.2) is 0 Å². The normalized spacial score (nSPS) is 11.1. The number of benzene rings is 2. The summed E-state index contributed by atoms with van der Waals surface area (Å²) in [6.07, 6.45) is 0. The average molecular weight is 446 g/mol. The van der Waals surface area contributed by atoms with Crippen LogP contribution in [0, 0.1) is 6.92 Å². The van der Waals surface area contributed by atoms with Gasteiger partial charge in [-0.3, -0.25) is 4.99 Å². The number of ether oxygens (including phenoxy) is 5. The fourth-order valence-corrected chi connectivity index (χ4v) is 3.12. The van der Waals surface area contributed by atoms with Gasteiger partial charge in [0.15, 0.2) is 5.96 Å². The highest BCUT2D eigenvalue weighted by molar-refractivity contribution is 5.79. The summed E-state index contributed by atoms with van der Waals surface area (Å²) < 4.78 is 27.7. The second-order valence-electron chi connectivity index (χ2n) is 6.95. The van der Waals surface area contributed by atoms with Crippen molar-refractivity contribution in [1.29, 1.82) is 0 Å². The Balaban J connectivity index is 2.04. The second kappa shape index (κ2) is 13.3. The molecule has 2 rings (SSSR count). The van der Waals surface area contributed by atoms with E-state index in [0.717, 1.165) is 22.4 Å². The van der Waals surface area contributed by atoms with Gasteiger partial charge in [0.05, 0.1) is 40.0 Å². The van der Waals surface area contributed by atoms with E-state index in [1.54, 1.807) is 28.4 Å². The molecule has 0 saturated heterocycles. The summed E-state index contributed by atoms with van der Waals surface area (Å²) >= 11 is 0. The zero-order valence-corrected chi connectivity index (χ0v) is 19.9. The third-order valence-corrected chi connectivity index (χ3v) is 4.83. The van der Waals surface area contributed by atoms with E-state index in [4.69, 9.17) is 23.7 Å². The zero-order valence-electron chi connectivity index (χ0n) is 19.9. The summed E-state index contributed by atoms with van der Waals surface area (Å²) in [4.78, 5) is 4.32. The Morgan fingerprint density at radius 1 is 0.875 bits per heavy atom. The van der Waals surface area contributed by atoms with Gasteiger partial charge in [0.1, 0.15) is 29.6 Å². The van der Waals surface area contributed by atoms with Crippen LogP contribution in [0.15, 0.2) is 35.3 Å². The Morgan fingerprint density at radius 3 is 2.16 bits per heavy atom. The van der Waals surface area contributed by atoms with Crippen LogP contribution in [-0.4, -0.2) is 54.2 Å². The molecule has 0 aliphatic heterocycles. The van der Waals surface area contributed by atoms with Crippen molar-refractivity contribution in [3.8, 4) is 23.0 Å². The molecule has 176 valence electrons. The second-order valence-corrected chi connectivity index (χ2v) is 6.95. The SMILES string of the molecule is CCOCCOc1cc(C)ccc1CNC(=NC)NCc1c(OC)cc(OC)cc1OC. The molecule has 0 atom stereocenters. The molecule has 0 fully saturated rings. The van der Waals surface area contributed by atoms with Gasteiger partial charge < -0.3 is 34.3 Å². The van der Waals surface area contributed by atoms with E-state index in [0.29, 0.717) is 56.1 Å². The maximum Gasteiger partial charge on any atom is 0.191 e. The van der Waals surface area contributed by atoms with Crippen LogP contribution in [0.5, 0.6) is 23.0 Å². The van der Waals surface area contributed by atoms with Crippen molar-refractivity contribution < 1.29 is 23.7 Å². The minimum absolute atomic E-state index is 0.460. The van der Waals surface area contributed by atoms with Crippen LogP contribution < -0.4 is 29.6 Å². The van der Waals surface area contributed by atoms with Gasteiger partial charge in [0.2, 0.25) is 0 Å². The van der Waals surface area contributed by atoms with Gasteiger partial charge in [0.25, 0.3) is 0 Å². The van der Waals surface area contributed by atoms with E-state index in [2.05, 4.69) is 27.8 Å². The molecule has 8 heteroatoms. The Labute approximate surface area is 190 Å². The first-order chi connectivity index (χ1) is 15.6. The zero-order chi connectivity index (χ0) is 23.3. The van der Waals surface area contributed by atoms with Crippen molar-refractivity contribution in [2.75, 3.05) is 48.2 Å². The lowest BCUT2D eigenvalue weighted by atomic mass is 10.1. The molecule has 32 heavy (non-hydrogen) atoms. The molecular formula is C24H35N3O5. The molecule has 0 radical (unpaired) electrons. The van der Waals surface area contributed by atoms with Crippen LogP contribution >= 0.6 is 0 Å². The van der Waals surface area contributed by atoms with Crippen molar-refractivity contribution in [1.82, 2.24) is 10.6 Å². The number of rotatable bonds is 12. The Morgan fingerprint density at radius 2 is 1.56 bits per heavy atom. The molecule has 2 aromatic carbocycles. The summed E-state index contributed by atoms with van der Waals surface area (Å²) in [6.45, 7) is 6.78. The molecule has 2 N–H and O–H groups in total. The van der Waals surface area contributed by atoms with Crippen molar-refractivity contribution in [2.24, 2.45) is 4.99 Å². The van der Waals surface area contributed by atoms with Crippen LogP contribution in [0.2, 0.25) is 0 Å². The van der Waals surface area contributed by atoms with Crippen molar-refractivity contribution >= 4 is 5.96 Å². The van der Waals surface area contributed by atoms with Gasteiger partial charge in [0, 0.05) is 37.9 Å². The van der Waals surface area contributed by atoms with E-state index in [1.807, 2.05) is 32.0 Å². The Bertz CT molecular complexity index is 861. The fourth-order valence-electron chi connectivity index (χ4n) is 3.12. The molecule has 0 bridgehead atoms. The van der Waals surface area contributed by atoms with Crippen molar-refractivity contribution in [3.05, 3.63) is 47.0 Å². The Hall–Kier alpha value is -3.13. The van der Waals surface area contributed by atoms with E-state index in [9.17, 15) is 0 Å². The molecule has 0 amide bonds. The minimum Gasteiger partial charge on any atom is -0.496 e. The third-order valence-electron chi connectivity index (χ3n) is 4.83. The van der Waals surface area contributed by atoms with E-state index in [1.165, 1.54) is 0 Å². The van der Waals surface area contributed by atoms with Crippen LogP contribution in [-0.2, 0) is 17.8 Å². The van der Waals surface area contributed by atoms with Crippen LogP contribution in [0.4, 0.5) is 0 Å². The minimum atomic E-state index is 0.460. The smallest absolute Gasteiger partial charge is 0.191 e. The standard InChI is InChI=1S/C24H35N3O5/c1-7-31-10-11-32-21-12-17(2)8-9-18(21)15-26-24(25-3)27-16-20-22(29-5)13-19(28-4)14-23(20)30-6/h8-9,12-14H,7,10-11,15-16H2,1-6H3,(H2,25,26,27). The molecule has 0 aromatic heterocycles. The fraction of sp³-hybridized carbons (Fsp3) is 0.458. The van der Waals surface area contributed by atoms with Gasteiger partial charge in [-0.05, 0) is 25.5 Å². The highest BCUT2D eigenvalue weighted by Crippen LogP contribution is 2.33. The number of aliphatic imine (C=N–C) groups is 1. The van der Waals surface area contributed by atoms with Gasteiger partial charge >= 0.3 is 0 Å². The van der Waals surface area contributed by atoms with Gasteiger partial charge in [-0.1, -0.05) is 12.1 Å². The highest BCUT2D eigenvalue weighted by Gasteiger charge is 2.14. The molecular weight excluding hydrogens is 410 g/mol. The molecule has 0 aliphatic carbocycles. The molecule has 0 heterocycles. The number of nitrogens with zero attached hydrogens (tertiary/aromatic N) is 1. The van der Waals surface area contributed by atoms with Crippen LogP contribution in [0.3, 0.4) is 0 Å². The molecule has 0 unspecified atom stereocenters. The van der Waals surface area contributed by atoms with E-state index < -0.39 is 0 Å². The first-order valence-electron chi connectivity index (χ1n) is 10.6. The van der Waals surface area contributed by atoms with E-state index in [-0.39, 0.29) is 0 Å². The number of methoxy groups -OCH3 is 3. The first-order valence-corrected chi connectivity index (χ1v) is 10.6. The summed E-state index contributed by atoms with van der Waals surface area (Å²) in [6, 6.07) is 9.81. The Kier molecular flexibility index (Phi) is 10.5.